The van der Waals surface area contributed by atoms with Crippen molar-refractivity contribution in [2.24, 2.45) is 11.8 Å². The van der Waals surface area contributed by atoms with Gasteiger partial charge in [-0.3, -0.25) is 24.2 Å². The summed E-state index contributed by atoms with van der Waals surface area (Å²) in [5, 5.41) is 11.9. The molecule has 0 bridgehead atoms. The standard InChI is InChI=1S/C32H35FN4O5S/c33-23-5-8-25(21-4-9-28(34-18-21)36-12-2-1-3-29(36)38)26(17-23)27-19-43-32(35-27)37(24-6-7-24)31(41)22(16-30(39)40)15-20-10-13-42-14-11-20/h4-5,8-9,17-20,22,24H,1-3,6-7,10-16H2,(H,39,40). The second-order valence-corrected chi connectivity index (χ2v) is 12.5. The Morgan fingerprint density at radius 3 is 2.63 bits per heavy atom. The molecule has 2 amide bonds. The van der Waals surface area contributed by atoms with Gasteiger partial charge in [0, 0.05) is 60.8 Å². The molecule has 3 aromatic rings. The topological polar surface area (TPSA) is 113 Å². The molecule has 1 aliphatic carbocycles. The average molecular weight is 607 g/mol. The molecule has 11 heteroatoms. The number of carbonyl (C=O) groups is 3. The maximum atomic E-state index is 14.6. The van der Waals surface area contributed by atoms with E-state index >= 15 is 0 Å². The van der Waals surface area contributed by atoms with Crippen LogP contribution >= 0.6 is 11.3 Å². The van der Waals surface area contributed by atoms with Gasteiger partial charge in [0.25, 0.3) is 0 Å². The molecule has 2 aromatic heterocycles. The molecular weight excluding hydrogens is 571 g/mol. The van der Waals surface area contributed by atoms with Crippen LogP contribution in [-0.2, 0) is 19.1 Å². The zero-order valence-electron chi connectivity index (χ0n) is 23.9. The van der Waals surface area contributed by atoms with Gasteiger partial charge in [0.15, 0.2) is 5.13 Å². The van der Waals surface area contributed by atoms with Crippen LogP contribution in [0, 0.1) is 17.7 Å². The van der Waals surface area contributed by atoms with Crippen LogP contribution in [0.4, 0.5) is 15.3 Å². The van der Waals surface area contributed by atoms with E-state index in [2.05, 4.69) is 4.98 Å². The predicted molar refractivity (Wildman–Crippen MR) is 161 cm³/mol. The molecule has 1 aromatic carbocycles. The number of amides is 2. The molecule has 3 fully saturated rings. The third-order valence-corrected chi connectivity index (χ3v) is 9.33. The highest BCUT2D eigenvalue weighted by molar-refractivity contribution is 7.14. The number of piperidine rings is 1. The van der Waals surface area contributed by atoms with E-state index in [1.165, 1.54) is 23.5 Å². The number of ether oxygens (including phenoxy) is 1. The second-order valence-electron chi connectivity index (χ2n) is 11.6. The fourth-order valence-electron chi connectivity index (χ4n) is 6.06. The van der Waals surface area contributed by atoms with Crippen molar-refractivity contribution in [2.45, 2.75) is 63.8 Å². The number of thiazole rings is 1. The number of anilines is 2. The Kier molecular flexibility index (Phi) is 8.80. The first-order valence-corrected chi connectivity index (χ1v) is 15.9. The fourth-order valence-corrected chi connectivity index (χ4v) is 6.96. The minimum absolute atomic E-state index is 0.0151. The Morgan fingerprint density at radius 2 is 1.93 bits per heavy atom. The zero-order valence-corrected chi connectivity index (χ0v) is 24.7. The molecule has 6 rings (SSSR count). The maximum Gasteiger partial charge on any atom is 0.304 e. The number of nitrogens with zero attached hydrogens (tertiary/aromatic N) is 4. The van der Waals surface area contributed by atoms with E-state index in [4.69, 9.17) is 9.72 Å². The molecule has 2 saturated heterocycles. The Labute approximate surface area is 253 Å². The number of aliphatic carboxylic acids is 1. The van der Waals surface area contributed by atoms with Crippen molar-refractivity contribution < 1.29 is 28.6 Å². The molecule has 43 heavy (non-hydrogen) atoms. The summed E-state index contributed by atoms with van der Waals surface area (Å²) in [5.74, 6) is -1.34. The number of aromatic nitrogens is 2. The van der Waals surface area contributed by atoms with Gasteiger partial charge in [-0.1, -0.05) is 6.07 Å². The summed E-state index contributed by atoms with van der Waals surface area (Å²) in [5.41, 5.74) is 2.58. The summed E-state index contributed by atoms with van der Waals surface area (Å²) < 4.78 is 20.0. The molecule has 1 N–H and O–H groups in total. The first-order valence-electron chi connectivity index (χ1n) is 15.0. The Balaban J connectivity index is 1.27. The van der Waals surface area contributed by atoms with Crippen LogP contribution < -0.4 is 9.80 Å². The molecule has 3 aliphatic rings. The number of carboxylic acid groups (broad SMARTS) is 1. The lowest BCUT2D eigenvalue weighted by molar-refractivity contribution is -0.141. The van der Waals surface area contributed by atoms with Gasteiger partial charge in [-0.2, -0.15) is 0 Å². The number of halogens is 1. The lowest BCUT2D eigenvalue weighted by atomic mass is 9.86. The van der Waals surface area contributed by atoms with E-state index in [9.17, 15) is 23.9 Å². The lowest BCUT2D eigenvalue weighted by Crippen LogP contribution is -2.40. The molecule has 9 nitrogen and oxygen atoms in total. The second kappa shape index (κ2) is 12.9. The summed E-state index contributed by atoms with van der Waals surface area (Å²) >= 11 is 1.31. The fraction of sp³-hybridized carbons (Fsp3) is 0.469. The average Bonchev–Trinajstić information content (AvgIpc) is 3.73. The Morgan fingerprint density at radius 1 is 1.12 bits per heavy atom. The van der Waals surface area contributed by atoms with E-state index in [-0.39, 0.29) is 30.2 Å². The zero-order chi connectivity index (χ0) is 29.9. The smallest absolute Gasteiger partial charge is 0.304 e. The van der Waals surface area contributed by atoms with Gasteiger partial charge in [-0.05, 0) is 80.7 Å². The third kappa shape index (κ3) is 6.78. The number of benzene rings is 1. The van der Waals surface area contributed by atoms with Gasteiger partial charge in [0.2, 0.25) is 11.8 Å². The van der Waals surface area contributed by atoms with Crippen LogP contribution in [0.5, 0.6) is 0 Å². The normalized spacial score (nSPS) is 18.4. The summed E-state index contributed by atoms with van der Waals surface area (Å²) in [6.07, 6.45) is 7.63. The van der Waals surface area contributed by atoms with Crippen molar-refractivity contribution in [3.63, 3.8) is 0 Å². The quantitative estimate of drug-likeness (QED) is 0.304. The first-order chi connectivity index (χ1) is 20.9. The van der Waals surface area contributed by atoms with Crippen LogP contribution in [-0.4, -0.2) is 58.7 Å². The van der Waals surface area contributed by atoms with E-state index in [1.54, 1.807) is 22.1 Å². The van der Waals surface area contributed by atoms with Crippen LogP contribution in [0.25, 0.3) is 22.4 Å². The van der Waals surface area contributed by atoms with Gasteiger partial charge < -0.3 is 9.84 Å². The SMILES string of the molecule is O=C(O)CC(CC1CCOCC1)C(=O)N(c1nc(-c2cc(F)ccc2-c2ccc(N3CCCCC3=O)nc2)cs1)C1CC1. The van der Waals surface area contributed by atoms with Gasteiger partial charge in [-0.15, -0.1) is 11.3 Å². The Bertz CT molecular complexity index is 1490. The van der Waals surface area contributed by atoms with E-state index in [1.807, 2.05) is 17.5 Å². The molecule has 1 unspecified atom stereocenters. The van der Waals surface area contributed by atoms with Gasteiger partial charge in [-0.25, -0.2) is 14.4 Å². The van der Waals surface area contributed by atoms with Crippen molar-refractivity contribution in [3.8, 4) is 22.4 Å². The van der Waals surface area contributed by atoms with Crippen LogP contribution in [0.3, 0.4) is 0 Å². The van der Waals surface area contributed by atoms with Crippen molar-refractivity contribution in [1.29, 1.82) is 0 Å². The lowest BCUT2D eigenvalue weighted by Gasteiger charge is -2.29. The summed E-state index contributed by atoms with van der Waals surface area (Å²) in [6.45, 7) is 1.91. The van der Waals surface area contributed by atoms with E-state index < -0.39 is 17.7 Å². The molecular formula is C32H35FN4O5S. The first kappa shape index (κ1) is 29.4. The maximum absolute atomic E-state index is 14.6. The monoisotopic (exact) mass is 606 g/mol. The summed E-state index contributed by atoms with van der Waals surface area (Å²) in [4.78, 5) is 50.8. The molecule has 2 aliphatic heterocycles. The van der Waals surface area contributed by atoms with Crippen molar-refractivity contribution in [1.82, 2.24) is 9.97 Å². The number of carbonyl (C=O) groups excluding carboxylic acids is 2. The predicted octanol–water partition coefficient (Wildman–Crippen LogP) is 5.93. The number of carboxylic acids is 1. The highest BCUT2D eigenvalue weighted by Gasteiger charge is 2.40. The minimum Gasteiger partial charge on any atom is -0.481 e. The molecule has 0 spiro atoms. The Hall–Kier alpha value is -3.70. The van der Waals surface area contributed by atoms with Crippen LogP contribution in [0.15, 0.2) is 41.9 Å². The van der Waals surface area contributed by atoms with Gasteiger partial charge >= 0.3 is 5.97 Å². The highest BCUT2D eigenvalue weighted by Crippen LogP contribution is 2.40. The molecule has 1 saturated carbocycles. The largest absolute Gasteiger partial charge is 0.481 e. The van der Waals surface area contributed by atoms with Crippen molar-refractivity contribution >= 4 is 40.1 Å². The van der Waals surface area contributed by atoms with Crippen molar-refractivity contribution in [2.75, 3.05) is 29.6 Å². The van der Waals surface area contributed by atoms with Gasteiger partial charge in [0.1, 0.15) is 11.6 Å². The van der Waals surface area contributed by atoms with Gasteiger partial charge in [0.05, 0.1) is 12.1 Å². The highest BCUT2D eigenvalue weighted by atomic mass is 32.1. The van der Waals surface area contributed by atoms with Crippen molar-refractivity contribution in [3.05, 3.63) is 47.7 Å². The van der Waals surface area contributed by atoms with Crippen LogP contribution in [0.1, 0.15) is 57.8 Å². The molecule has 1 atom stereocenters. The summed E-state index contributed by atoms with van der Waals surface area (Å²) in [6, 6.07) is 8.18. The molecule has 226 valence electrons. The summed E-state index contributed by atoms with van der Waals surface area (Å²) in [7, 11) is 0. The number of hydrogen-bond acceptors (Lipinski definition) is 7. The van der Waals surface area contributed by atoms with Crippen LogP contribution in [0.2, 0.25) is 0 Å². The van der Waals surface area contributed by atoms with E-state index in [0.29, 0.717) is 54.8 Å². The third-order valence-electron chi connectivity index (χ3n) is 8.49. The number of hydrogen-bond donors (Lipinski definition) is 1. The molecule has 0 radical (unpaired) electrons. The minimum atomic E-state index is -0.991. The number of pyridine rings is 1. The number of rotatable bonds is 10. The van der Waals surface area contributed by atoms with E-state index in [0.717, 1.165) is 49.7 Å². The molecule has 4 heterocycles.